The molecule has 1 aliphatic rings. The minimum Gasteiger partial charge on any atom is -0.486 e. The number of carbonyl (C=O) groups is 1. The molecule has 1 unspecified atom stereocenters. The number of rotatable bonds is 4. The normalized spacial score (nSPS) is 14.1. The molecule has 0 saturated heterocycles. The first-order valence-electron chi connectivity index (χ1n) is 7.46. The zero-order chi connectivity index (χ0) is 18.0. The van der Waals surface area contributed by atoms with Crippen LogP contribution in [0.25, 0.3) is 0 Å². The molecule has 8 heteroatoms. The number of amides is 1. The quantitative estimate of drug-likeness (QED) is 0.828. The number of carbonyl (C=O) groups excluding carboxylic acids is 1. The largest absolute Gasteiger partial charge is 0.486 e. The summed E-state index contributed by atoms with van der Waals surface area (Å²) in [5, 5.41) is 12.4. The Kier molecular flexibility index (Phi) is 4.80. The third-order valence-corrected chi connectivity index (χ3v) is 3.69. The van der Waals surface area contributed by atoms with Gasteiger partial charge in [-0.25, -0.2) is 13.2 Å². The Bertz CT molecular complexity index is 813. The molecule has 2 aromatic carbocycles. The number of nitrogens with one attached hydrogen (secondary N) is 1. The van der Waals surface area contributed by atoms with Crippen LogP contribution in [-0.4, -0.2) is 30.8 Å². The van der Waals surface area contributed by atoms with Crippen molar-refractivity contribution in [1.29, 1.82) is 0 Å². The molecule has 0 radical (unpaired) electrons. The number of benzene rings is 2. The van der Waals surface area contributed by atoms with E-state index < -0.39 is 35.0 Å². The second-order valence-electron chi connectivity index (χ2n) is 5.35. The highest BCUT2D eigenvalue weighted by molar-refractivity contribution is 5.94. The van der Waals surface area contributed by atoms with Gasteiger partial charge in [-0.1, -0.05) is 6.07 Å². The maximum atomic E-state index is 13.6. The van der Waals surface area contributed by atoms with Gasteiger partial charge in [0.05, 0.1) is 11.7 Å². The molecule has 25 heavy (non-hydrogen) atoms. The van der Waals surface area contributed by atoms with Gasteiger partial charge in [0.2, 0.25) is 0 Å². The number of hydrogen-bond donors (Lipinski definition) is 2. The third kappa shape index (κ3) is 3.53. The fraction of sp³-hybridized carbons (Fsp3) is 0.235. The maximum Gasteiger partial charge on any atom is 0.254 e. The summed E-state index contributed by atoms with van der Waals surface area (Å²) in [6.07, 6.45) is -1.10. The summed E-state index contributed by atoms with van der Waals surface area (Å²) in [5.41, 5.74) is -0.191. The van der Waals surface area contributed by atoms with Gasteiger partial charge >= 0.3 is 0 Å². The van der Waals surface area contributed by atoms with Crippen LogP contribution in [0.1, 0.15) is 22.0 Å². The predicted octanol–water partition coefficient (Wildman–Crippen LogP) is 2.34. The predicted molar refractivity (Wildman–Crippen MR) is 81.0 cm³/mol. The number of halogens is 3. The van der Waals surface area contributed by atoms with Crippen LogP contribution < -0.4 is 14.8 Å². The molecule has 0 aliphatic carbocycles. The molecule has 132 valence electrons. The maximum absolute atomic E-state index is 13.6. The molecule has 0 aromatic heterocycles. The highest BCUT2D eigenvalue weighted by Gasteiger charge is 2.20. The average Bonchev–Trinajstić information content (AvgIpc) is 2.63. The number of aliphatic hydroxyl groups excluding tert-OH is 1. The van der Waals surface area contributed by atoms with Crippen LogP contribution in [0.5, 0.6) is 11.5 Å². The van der Waals surface area contributed by atoms with Crippen LogP contribution in [0.2, 0.25) is 0 Å². The lowest BCUT2D eigenvalue weighted by molar-refractivity contribution is 0.0910. The van der Waals surface area contributed by atoms with E-state index in [4.69, 9.17) is 9.47 Å². The molecule has 2 N–H and O–H groups in total. The molecule has 1 amide bonds. The molecule has 1 heterocycles. The minimum atomic E-state index is -1.72. The van der Waals surface area contributed by atoms with Crippen LogP contribution in [0, 0.1) is 17.5 Å². The highest BCUT2D eigenvalue weighted by atomic mass is 19.2. The lowest BCUT2D eigenvalue weighted by atomic mass is 10.1. The highest BCUT2D eigenvalue weighted by Crippen LogP contribution is 2.32. The van der Waals surface area contributed by atoms with E-state index in [9.17, 15) is 23.1 Å². The molecule has 0 saturated carbocycles. The van der Waals surface area contributed by atoms with Crippen molar-refractivity contribution in [2.75, 3.05) is 19.8 Å². The Morgan fingerprint density at radius 1 is 1.08 bits per heavy atom. The van der Waals surface area contributed by atoms with Crippen molar-refractivity contribution in [3.63, 3.8) is 0 Å². The van der Waals surface area contributed by atoms with E-state index >= 15 is 0 Å². The first kappa shape index (κ1) is 17.1. The number of aliphatic hydroxyl groups is 1. The molecule has 0 bridgehead atoms. The van der Waals surface area contributed by atoms with Crippen LogP contribution in [0.4, 0.5) is 13.2 Å². The second kappa shape index (κ2) is 7.02. The van der Waals surface area contributed by atoms with Gasteiger partial charge in [-0.15, -0.1) is 0 Å². The monoisotopic (exact) mass is 353 g/mol. The summed E-state index contributed by atoms with van der Waals surface area (Å²) in [7, 11) is 0. The Morgan fingerprint density at radius 3 is 2.56 bits per heavy atom. The summed E-state index contributed by atoms with van der Waals surface area (Å²) in [6.45, 7) is 0.570. The van der Waals surface area contributed by atoms with Crippen LogP contribution >= 0.6 is 0 Å². The second-order valence-corrected chi connectivity index (χ2v) is 5.35. The van der Waals surface area contributed by atoms with Gasteiger partial charge in [-0.05, 0) is 29.8 Å². The van der Waals surface area contributed by atoms with E-state index in [1.807, 2.05) is 0 Å². The van der Waals surface area contributed by atoms with Crippen molar-refractivity contribution in [1.82, 2.24) is 5.32 Å². The van der Waals surface area contributed by atoms with Crippen LogP contribution in [0.3, 0.4) is 0 Å². The van der Waals surface area contributed by atoms with Crippen molar-refractivity contribution in [2.24, 2.45) is 0 Å². The van der Waals surface area contributed by atoms with Gasteiger partial charge in [-0.3, -0.25) is 4.79 Å². The molecule has 1 atom stereocenters. The first-order chi connectivity index (χ1) is 12.0. The Hall–Kier alpha value is -2.74. The molecular weight excluding hydrogens is 339 g/mol. The van der Waals surface area contributed by atoms with E-state index in [0.717, 1.165) is 6.07 Å². The lowest BCUT2D eigenvalue weighted by Gasteiger charge is -2.20. The summed E-state index contributed by atoms with van der Waals surface area (Å²) in [4.78, 5) is 11.9. The van der Waals surface area contributed by atoms with E-state index in [2.05, 4.69) is 5.32 Å². The van der Waals surface area contributed by atoms with Crippen LogP contribution in [0.15, 0.2) is 30.3 Å². The Labute approximate surface area is 141 Å². The van der Waals surface area contributed by atoms with Crippen molar-refractivity contribution in [2.45, 2.75) is 6.10 Å². The summed E-state index contributed by atoms with van der Waals surface area (Å²) in [5.74, 6) is -4.62. The number of fused-ring (bicyclic) bond motifs is 1. The Balaban J connectivity index is 1.67. The van der Waals surface area contributed by atoms with Crippen molar-refractivity contribution >= 4 is 5.91 Å². The number of hydrogen-bond acceptors (Lipinski definition) is 4. The Morgan fingerprint density at radius 2 is 1.80 bits per heavy atom. The van der Waals surface area contributed by atoms with Gasteiger partial charge in [-0.2, -0.15) is 0 Å². The van der Waals surface area contributed by atoms with Gasteiger partial charge in [0.15, 0.2) is 29.0 Å². The molecule has 2 aromatic rings. The van der Waals surface area contributed by atoms with Gasteiger partial charge in [0, 0.05) is 6.54 Å². The third-order valence-electron chi connectivity index (χ3n) is 3.69. The fourth-order valence-corrected chi connectivity index (χ4v) is 2.37. The van der Waals surface area contributed by atoms with Gasteiger partial charge in [0.1, 0.15) is 13.2 Å². The van der Waals surface area contributed by atoms with Crippen molar-refractivity contribution < 1.29 is 32.5 Å². The summed E-state index contributed by atoms with van der Waals surface area (Å²) in [6, 6.07) is 6.29. The minimum absolute atomic E-state index is 0.253. The van der Waals surface area contributed by atoms with Crippen molar-refractivity contribution in [3.8, 4) is 11.5 Å². The lowest BCUT2D eigenvalue weighted by Crippen LogP contribution is -2.29. The molecule has 0 spiro atoms. The standard InChI is InChI=1S/C17H14F3NO4/c18-11-3-2-10(15(19)16(11)20)17(23)21-8-12(22)9-1-4-13-14(7-9)25-6-5-24-13/h1-4,7,12,22H,5-6,8H2,(H,21,23). The smallest absolute Gasteiger partial charge is 0.254 e. The molecular formula is C17H14F3NO4. The van der Waals surface area contributed by atoms with Gasteiger partial charge < -0.3 is 19.9 Å². The summed E-state index contributed by atoms with van der Waals surface area (Å²) >= 11 is 0. The van der Waals surface area contributed by atoms with E-state index in [1.165, 1.54) is 0 Å². The molecule has 3 rings (SSSR count). The first-order valence-corrected chi connectivity index (χ1v) is 7.46. The SMILES string of the molecule is O=C(NCC(O)c1ccc2c(c1)OCCO2)c1ccc(F)c(F)c1F. The van der Waals surface area contributed by atoms with Gasteiger partial charge in [0.25, 0.3) is 5.91 Å². The van der Waals surface area contributed by atoms with Crippen LogP contribution in [-0.2, 0) is 0 Å². The molecule has 1 aliphatic heterocycles. The zero-order valence-electron chi connectivity index (χ0n) is 12.9. The zero-order valence-corrected chi connectivity index (χ0v) is 12.9. The topological polar surface area (TPSA) is 67.8 Å². The van der Waals surface area contributed by atoms with E-state index in [-0.39, 0.29) is 6.54 Å². The van der Waals surface area contributed by atoms with E-state index in [0.29, 0.717) is 36.3 Å². The van der Waals surface area contributed by atoms with Crippen molar-refractivity contribution in [3.05, 3.63) is 58.9 Å². The fourth-order valence-electron chi connectivity index (χ4n) is 2.37. The summed E-state index contributed by atoms with van der Waals surface area (Å²) < 4.78 is 50.4. The molecule has 0 fully saturated rings. The number of ether oxygens (including phenoxy) is 2. The van der Waals surface area contributed by atoms with E-state index in [1.54, 1.807) is 18.2 Å². The molecule has 5 nitrogen and oxygen atoms in total. The average molecular weight is 353 g/mol.